The SMILES string of the molecule is C[C@@H]1Cc2ccccc2N(C(=O)C[C@@H]2CCS(=O)(=O)C2)C1. The lowest BCUT2D eigenvalue weighted by atomic mass is 9.93. The molecule has 2 aliphatic rings. The van der Waals surface area contributed by atoms with Crippen LogP contribution in [0.15, 0.2) is 24.3 Å². The van der Waals surface area contributed by atoms with Crippen LogP contribution >= 0.6 is 0 Å². The number of hydrogen-bond acceptors (Lipinski definition) is 3. The second-order valence-electron chi connectivity index (χ2n) is 6.42. The minimum Gasteiger partial charge on any atom is -0.312 e. The van der Waals surface area contributed by atoms with Crippen LogP contribution in [-0.2, 0) is 21.1 Å². The van der Waals surface area contributed by atoms with Crippen LogP contribution in [0.2, 0.25) is 0 Å². The summed E-state index contributed by atoms with van der Waals surface area (Å²) in [7, 11) is -2.91. The fraction of sp³-hybridized carbons (Fsp3) is 0.562. The van der Waals surface area contributed by atoms with E-state index in [0.717, 1.165) is 18.7 Å². The zero-order valence-electron chi connectivity index (χ0n) is 12.3. The minimum atomic E-state index is -2.91. The molecule has 0 N–H and O–H groups in total. The number of rotatable bonds is 2. The number of carbonyl (C=O) groups is 1. The summed E-state index contributed by atoms with van der Waals surface area (Å²) < 4.78 is 23.0. The Morgan fingerprint density at radius 1 is 1.33 bits per heavy atom. The number of amides is 1. The Labute approximate surface area is 126 Å². The number of hydrogen-bond donors (Lipinski definition) is 0. The first-order chi connectivity index (χ1) is 9.94. The summed E-state index contributed by atoms with van der Waals surface area (Å²) in [6.07, 6.45) is 1.97. The van der Waals surface area contributed by atoms with Crippen LogP contribution in [0.1, 0.15) is 25.3 Å². The van der Waals surface area contributed by atoms with E-state index in [0.29, 0.717) is 18.8 Å². The van der Waals surface area contributed by atoms with Crippen molar-refractivity contribution in [1.29, 1.82) is 0 Å². The van der Waals surface area contributed by atoms with Gasteiger partial charge in [0.2, 0.25) is 5.91 Å². The van der Waals surface area contributed by atoms with Gasteiger partial charge in [-0.25, -0.2) is 8.42 Å². The van der Waals surface area contributed by atoms with Gasteiger partial charge >= 0.3 is 0 Å². The highest BCUT2D eigenvalue weighted by Gasteiger charge is 2.32. The molecule has 0 saturated carbocycles. The Bertz CT molecular complexity index is 653. The Morgan fingerprint density at radius 2 is 2.10 bits per heavy atom. The fourth-order valence-corrected chi connectivity index (χ4v) is 5.28. The number of carbonyl (C=O) groups excluding carboxylic acids is 1. The third kappa shape index (κ3) is 3.12. The van der Waals surface area contributed by atoms with Gasteiger partial charge in [0, 0.05) is 18.7 Å². The summed E-state index contributed by atoms with van der Waals surface area (Å²) in [4.78, 5) is 14.5. The predicted molar refractivity (Wildman–Crippen MR) is 83.0 cm³/mol. The van der Waals surface area contributed by atoms with Gasteiger partial charge in [-0.1, -0.05) is 25.1 Å². The van der Waals surface area contributed by atoms with Crippen molar-refractivity contribution >= 4 is 21.4 Å². The van der Waals surface area contributed by atoms with Crippen LogP contribution in [0.4, 0.5) is 5.69 Å². The van der Waals surface area contributed by atoms with E-state index in [1.54, 1.807) is 0 Å². The molecule has 0 spiro atoms. The summed E-state index contributed by atoms with van der Waals surface area (Å²) in [6.45, 7) is 2.88. The molecule has 0 bridgehead atoms. The summed E-state index contributed by atoms with van der Waals surface area (Å²) in [5.41, 5.74) is 2.21. The highest BCUT2D eigenvalue weighted by atomic mass is 32.2. The van der Waals surface area contributed by atoms with Crippen molar-refractivity contribution < 1.29 is 13.2 Å². The van der Waals surface area contributed by atoms with Gasteiger partial charge in [0.05, 0.1) is 11.5 Å². The molecule has 5 heteroatoms. The molecule has 21 heavy (non-hydrogen) atoms. The zero-order chi connectivity index (χ0) is 15.0. The van der Waals surface area contributed by atoms with E-state index >= 15 is 0 Å². The molecule has 0 aliphatic carbocycles. The van der Waals surface area contributed by atoms with Crippen molar-refractivity contribution in [2.45, 2.75) is 26.2 Å². The normalized spacial score (nSPS) is 27.4. The number of sulfone groups is 1. The molecule has 114 valence electrons. The molecule has 2 aliphatic heterocycles. The molecule has 4 nitrogen and oxygen atoms in total. The van der Waals surface area contributed by atoms with Crippen molar-refractivity contribution in [1.82, 2.24) is 0 Å². The molecule has 1 amide bonds. The predicted octanol–water partition coefficient (Wildman–Crippen LogP) is 2.04. The highest BCUT2D eigenvalue weighted by Crippen LogP contribution is 2.31. The summed E-state index contributed by atoms with van der Waals surface area (Å²) in [6, 6.07) is 8.02. The van der Waals surface area contributed by atoms with E-state index in [4.69, 9.17) is 0 Å². The van der Waals surface area contributed by atoms with E-state index in [9.17, 15) is 13.2 Å². The molecular formula is C16H21NO3S. The van der Waals surface area contributed by atoms with Crippen molar-refractivity contribution in [3.8, 4) is 0 Å². The largest absolute Gasteiger partial charge is 0.312 e. The van der Waals surface area contributed by atoms with Gasteiger partial charge in [-0.05, 0) is 36.3 Å². The van der Waals surface area contributed by atoms with Gasteiger partial charge in [-0.15, -0.1) is 0 Å². The molecular weight excluding hydrogens is 286 g/mol. The molecule has 1 aromatic rings. The lowest BCUT2D eigenvalue weighted by molar-refractivity contribution is -0.119. The highest BCUT2D eigenvalue weighted by molar-refractivity contribution is 7.91. The first kappa shape index (κ1) is 14.6. The van der Waals surface area contributed by atoms with E-state index in [1.807, 2.05) is 23.1 Å². The van der Waals surface area contributed by atoms with Crippen molar-refractivity contribution in [3.63, 3.8) is 0 Å². The molecule has 0 unspecified atom stereocenters. The van der Waals surface area contributed by atoms with Crippen molar-refractivity contribution in [2.75, 3.05) is 23.0 Å². The smallest absolute Gasteiger partial charge is 0.227 e. The van der Waals surface area contributed by atoms with Crippen LogP contribution in [0.5, 0.6) is 0 Å². The van der Waals surface area contributed by atoms with E-state index < -0.39 is 9.84 Å². The van der Waals surface area contributed by atoms with Crippen LogP contribution in [0.25, 0.3) is 0 Å². The number of anilines is 1. The molecule has 0 radical (unpaired) electrons. The van der Waals surface area contributed by atoms with Crippen molar-refractivity contribution in [3.05, 3.63) is 29.8 Å². The standard InChI is InChI=1S/C16H21NO3S/c1-12-8-14-4-2-3-5-15(14)17(10-12)16(18)9-13-6-7-21(19,20)11-13/h2-5,12-13H,6-11H2,1H3/t12-,13+/m1/s1. The maximum Gasteiger partial charge on any atom is 0.227 e. The lowest BCUT2D eigenvalue weighted by Crippen LogP contribution is -2.40. The van der Waals surface area contributed by atoms with Gasteiger partial charge in [-0.3, -0.25) is 4.79 Å². The maximum absolute atomic E-state index is 12.6. The first-order valence-corrected chi connectivity index (χ1v) is 9.35. The van der Waals surface area contributed by atoms with Gasteiger partial charge in [0.25, 0.3) is 0 Å². The number of benzene rings is 1. The van der Waals surface area contributed by atoms with Gasteiger partial charge in [0.15, 0.2) is 9.84 Å². The monoisotopic (exact) mass is 307 g/mol. The molecule has 3 rings (SSSR count). The third-order valence-corrected chi connectivity index (χ3v) is 6.27. The molecule has 1 fully saturated rings. The van der Waals surface area contributed by atoms with Crippen LogP contribution in [0.3, 0.4) is 0 Å². The van der Waals surface area contributed by atoms with Gasteiger partial charge in [0.1, 0.15) is 0 Å². The van der Waals surface area contributed by atoms with Gasteiger partial charge in [-0.2, -0.15) is 0 Å². The quantitative estimate of drug-likeness (QED) is 0.840. The van der Waals surface area contributed by atoms with Crippen molar-refractivity contribution in [2.24, 2.45) is 11.8 Å². The first-order valence-electron chi connectivity index (χ1n) is 7.53. The Hall–Kier alpha value is -1.36. The third-order valence-electron chi connectivity index (χ3n) is 4.44. The number of nitrogens with zero attached hydrogens (tertiary/aromatic N) is 1. The number of para-hydroxylation sites is 1. The maximum atomic E-state index is 12.6. The Morgan fingerprint density at radius 3 is 2.81 bits per heavy atom. The van der Waals surface area contributed by atoms with E-state index in [1.165, 1.54) is 5.56 Å². The second kappa shape index (κ2) is 5.44. The van der Waals surface area contributed by atoms with Crippen LogP contribution in [0, 0.1) is 11.8 Å². The zero-order valence-corrected chi connectivity index (χ0v) is 13.1. The van der Waals surface area contributed by atoms with E-state index in [-0.39, 0.29) is 23.3 Å². The fourth-order valence-electron chi connectivity index (χ4n) is 3.42. The van der Waals surface area contributed by atoms with Gasteiger partial charge < -0.3 is 4.90 Å². The Balaban J connectivity index is 1.76. The average molecular weight is 307 g/mol. The molecule has 1 aromatic carbocycles. The molecule has 2 atom stereocenters. The lowest BCUT2D eigenvalue weighted by Gasteiger charge is -2.33. The minimum absolute atomic E-state index is 0.00750. The van der Waals surface area contributed by atoms with E-state index in [2.05, 4.69) is 13.0 Å². The number of fused-ring (bicyclic) bond motifs is 1. The molecule has 1 saturated heterocycles. The molecule has 2 heterocycles. The summed E-state index contributed by atoms with van der Waals surface area (Å²) in [5.74, 6) is 0.904. The van der Waals surface area contributed by atoms with Crippen LogP contribution in [-0.4, -0.2) is 32.4 Å². The molecule has 0 aromatic heterocycles. The summed E-state index contributed by atoms with van der Waals surface area (Å²) >= 11 is 0. The summed E-state index contributed by atoms with van der Waals surface area (Å²) in [5, 5.41) is 0. The Kier molecular flexibility index (Phi) is 3.78. The van der Waals surface area contributed by atoms with Crippen LogP contribution < -0.4 is 4.90 Å². The topological polar surface area (TPSA) is 54.5 Å². The average Bonchev–Trinajstić information content (AvgIpc) is 2.76. The second-order valence-corrected chi connectivity index (χ2v) is 8.64.